The van der Waals surface area contributed by atoms with Gasteiger partial charge in [0, 0.05) is 11.1 Å². The summed E-state index contributed by atoms with van der Waals surface area (Å²) in [4.78, 5) is 17.9. The molecule has 1 aliphatic heterocycles. The molecule has 2 aromatic carbocycles. The summed E-state index contributed by atoms with van der Waals surface area (Å²) < 4.78 is 13.2. The first-order valence-electron chi connectivity index (χ1n) is 9.39. The third-order valence-corrected chi connectivity index (χ3v) is 5.59. The number of benzene rings is 2. The average molecular weight is 415 g/mol. The van der Waals surface area contributed by atoms with Crippen LogP contribution in [0.5, 0.6) is 11.5 Å². The Balaban J connectivity index is 1.46. The maximum Gasteiger partial charge on any atom is 0.291 e. The molecule has 0 bridgehead atoms. The molecule has 0 saturated heterocycles. The van der Waals surface area contributed by atoms with E-state index in [2.05, 4.69) is 16.7 Å². The minimum Gasteiger partial charge on any atom is -0.490 e. The van der Waals surface area contributed by atoms with Crippen molar-refractivity contribution in [1.29, 1.82) is 0 Å². The Kier molecular flexibility index (Phi) is 4.65. The predicted octanol–water partition coefficient (Wildman–Crippen LogP) is 3.36. The lowest BCUT2D eigenvalue weighted by atomic mass is 10.1. The SMILES string of the molecule is C=CCOc1ccc(-c2nc3s/c(=C/C4=Cc5ccccc5OC4)c(=O)n3n2)cc1. The number of fused-ring (bicyclic) bond motifs is 2. The summed E-state index contributed by atoms with van der Waals surface area (Å²) in [5, 5.41) is 4.40. The van der Waals surface area contributed by atoms with Crippen molar-refractivity contribution in [1.82, 2.24) is 14.6 Å². The van der Waals surface area contributed by atoms with Crippen LogP contribution in [-0.2, 0) is 0 Å². The van der Waals surface area contributed by atoms with E-state index in [1.165, 1.54) is 15.9 Å². The molecule has 6 nitrogen and oxygen atoms in total. The smallest absolute Gasteiger partial charge is 0.291 e. The summed E-state index contributed by atoms with van der Waals surface area (Å²) in [6.45, 7) is 4.51. The Morgan fingerprint density at radius 1 is 1.20 bits per heavy atom. The van der Waals surface area contributed by atoms with Gasteiger partial charge in [-0.1, -0.05) is 42.2 Å². The number of nitrogens with zero attached hydrogens (tertiary/aromatic N) is 3. The van der Waals surface area contributed by atoms with Gasteiger partial charge < -0.3 is 9.47 Å². The third-order valence-electron chi connectivity index (χ3n) is 4.63. The molecule has 0 fully saturated rings. The lowest BCUT2D eigenvalue weighted by molar-refractivity contribution is 0.352. The summed E-state index contributed by atoms with van der Waals surface area (Å²) in [7, 11) is 0. The van der Waals surface area contributed by atoms with E-state index >= 15 is 0 Å². The van der Waals surface area contributed by atoms with E-state index in [9.17, 15) is 4.79 Å². The fourth-order valence-corrected chi connectivity index (χ4v) is 4.12. The van der Waals surface area contributed by atoms with Gasteiger partial charge in [-0.3, -0.25) is 4.79 Å². The van der Waals surface area contributed by atoms with Crippen molar-refractivity contribution in [2.75, 3.05) is 13.2 Å². The highest BCUT2D eigenvalue weighted by molar-refractivity contribution is 7.15. The van der Waals surface area contributed by atoms with Crippen molar-refractivity contribution in [3.63, 3.8) is 0 Å². The van der Waals surface area contributed by atoms with Crippen molar-refractivity contribution in [2.45, 2.75) is 0 Å². The van der Waals surface area contributed by atoms with Gasteiger partial charge in [0.15, 0.2) is 5.82 Å². The lowest BCUT2D eigenvalue weighted by Gasteiger charge is -2.15. The molecule has 0 aliphatic carbocycles. The highest BCUT2D eigenvalue weighted by atomic mass is 32.1. The Labute approximate surface area is 176 Å². The number of para-hydroxylation sites is 1. The van der Waals surface area contributed by atoms with Crippen molar-refractivity contribution >= 4 is 28.4 Å². The second-order valence-electron chi connectivity index (χ2n) is 6.72. The molecule has 0 N–H and O–H groups in total. The Hall–Kier alpha value is -3.71. The van der Waals surface area contributed by atoms with Crippen LogP contribution in [0.4, 0.5) is 0 Å². The minimum atomic E-state index is -0.181. The number of ether oxygens (including phenoxy) is 2. The molecular formula is C23H17N3O3S. The first kappa shape index (κ1) is 18.3. The van der Waals surface area contributed by atoms with Crippen LogP contribution >= 0.6 is 11.3 Å². The van der Waals surface area contributed by atoms with Crippen LogP contribution in [0.1, 0.15) is 5.56 Å². The second-order valence-corrected chi connectivity index (χ2v) is 7.72. The highest BCUT2D eigenvalue weighted by Crippen LogP contribution is 2.26. The standard InChI is InChI=1S/C23H17N3O3S/c1-2-11-28-18-9-7-16(8-10-18)21-24-23-26(25-21)22(27)20(30-23)13-15-12-17-5-3-4-6-19(17)29-14-15/h2-10,12-13H,1,11,14H2/b20-13+. The molecule has 7 heteroatoms. The fourth-order valence-electron chi connectivity index (χ4n) is 3.20. The van der Waals surface area contributed by atoms with Crippen LogP contribution < -0.4 is 19.6 Å². The summed E-state index contributed by atoms with van der Waals surface area (Å²) in [5.41, 5.74) is 2.58. The van der Waals surface area contributed by atoms with Crippen LogP contribution in [0, 0.1) is 0 Å². The summed E-state index contributed by atoms with van der Waals surface area (Å²) in [6, 6.07) is 15.3. The van der Waals surface area contributed by atoms with Crippen molar-refractivity contribution < 1.29 is 9.47 Å². The quantitative estimate of drug-likeness (QED) is 0.468. The zero-order valence-electron chi connectivity index (χ0n) is 15.9. The van der Waals surface area contributed by atoms with Crippen LogP contribution in [0.25, 0.3) is 28.5 Å². The first-order valence-corrected chi connectivity index (χ1v) is 10.2. The van der Waals surface area contributed by atoms with Crippen LogP contribution in [0.3, 0.4) is 0 Å². The first-order chi connectivity index (χ1) is 14.7. The molecule has 0 atom stereocenters. The number of aromatic nitrogens is 3. The molecule has 1 aliphatic rings. The molecule has 4 aromatic rings. The fraction of sp³-hybridized carbons (Fsp3) is 0.0870. The molecule has 3 heterocycles. The van der Waals surface area contributed by atoms with E-state index in [0.717, 1.165) is 28.2 Å². The zero-order chi connectivity index (χ0) is 20.5. The van der Waals surface area contributed by atoms with Gasteiger partial charge in [-0.15, -0.1) is 5.10 Å². The molecule has 0 saturated carbocycles. The maximum absolute atomic E-state index is 12.8. The van der Waals surface area contributed by atoms with Crippen molar-refractivity contribution in [2.24, 2.45) is 0 Å². The highest BCUT2D eigenvalue weighted by Gasteiger charge is 2.14. The van der Waals surface area contributed by atoms with E-state index in [-0.39, 0.29) is 5.56 Å². The van der Waals surface area contributed by atoms with Crippen molar-refractivity contribution in [3.05, 3.63) is 87.2 Å². The molecule has 0 spiro atoms. The number of hydrogen-bond donors (Lipinski definition) is 0. The Bertz CT molecular complexity index is 1380. The van der Waals surface area contributed by atoms with Crippen LogP contribution in [0.15, 0.2) is 71.6 Å². The molecule has 0 amide bonds. The lowest BCUT2D eigenvalue weighted by Crippen LogP contribution is -2.24. The molecule has 0 unspecified atom stereocenters. The van der Waals surface area contributed by atoms with Gasteiger partial charge in [0.05, 0.1) is 4.53 Å². The number of rotatable bonds is 5. The van der Waals surface area contributed by atoms with Gasteiger partial charge >= 0.3 is 0 Å². The topological polar surface area (TPSA) is 65.7 Å². The van der Waals surface area contributed by atoms with Gasteiger partial charge in [-0.2, -0.15) is 9.50 Å². The van der Waals surface area contributed by atoms with E-state index in [1.807, 2.05) is 60.7 Å². The monoisotopic (exact) mass is 415 g/mol. The number of hydrogen-bond acceptors (Lipinski definition) is 6. The van der Waals surface area contributed by atoms with E-state index < -0.39 is 0 Å². The third kappa shape index (κ3) is 3.40. The van der Waals surface area contributed by atoms with Crippen molar-refractivity contribution in [3.8, 4) is 22.9 Å². The van der Waals surface area contributed by atoms with E-state index in [0.29, 0.717) is 28.5 Å². The summed E-state index contributed by atoms with van der Waals surface area (Å²) in [6.07, 6.45) is 5.58. The Morgan fingerprint density at radius 3 is 2.83 bits per heavy atom. The average Bonchev–Trinajstić information content (AvgIpc) is 3.32. The van der Waals surface area contributed by atoms with Gasteiger partial charge in [0.1, 0.15) is 24.7 Å². The molecule has 148 valence electrons. The summed E-state index contributed by atoms with van der Waals surface area (Å²) >= 11 is 1.32. The molecule has 30 heavy (non-hydrogen) atoms. The van der Waals surface area contributed by atoms with Crippen LogP contribution in [0.2, 0.25) is 0 Å². The Morgan fingerprint density at radius 2 is 2.03 bits per heavy atom. The summed E-state index contributed by atoms with van der Waals surface area (Å²) in [5.74, 6) is 2.10. The minimum absolute atomic E-state index is 0.181. The number of thiazole rings is 1. The van der Waals surface area contributed by atoms with Gasteiger partial charge in [-0.25, -0.2) is 0 Å². The van der Waals surface area contributed by atoms with Gasteiger partial charge in [-0.05, 0) is 48.1 Å². The van der Waals surface area contributed by atoms with Gasteiger partial charge in [0.25, 0.3) is 5.56 Å². The maximum atomic E-state index is 12.8. The van der Waals surface area contributed by atoms with Gasteiger partial charge in [0.2, 0.25) is 4.96 Å². The predicted molar refractivity (Wildman–Crippen MR) is 118 cm³/mol. The molecule has 2 aromatic heterocycles. The van der Waals surface area contributed by atoms with E-state index in [4.69, 9.17) is 9.47 Å². The second kappa shape index (κ2) is 7.61. The van der Waals surface area contributed by atoms with Crippen LogP contribution in [-0.4, -0.2) is 27.8 Å². The van der Waals surface area contributed by atoms with E-state index in [1.54, 1.807) is 6.08 Å². The molecule has 0 radical (unpaired) electrons. The molecule has 5 rings (SSSR count). The largest absolute Gasteiger partial charge is 0.490 e. The molecular weight excluding hydrogens is 398 g/mol. The normalized spacial score (nSPS) is 13.6. The zero-order valence-corrected chi connectivity index (χ0v) is 16.8.